The number of aromatic nitrogens is 2. The van der Waals surface area contributed by atoms with Gasteiger partial charge >= 0.3 is 0 Å². The van der Waals surface area contributed by atoms with Crippen LogP contribution in [0.3, 0.4) is 0 Å². The van der Waals surface area contributed by atoms with Crippen LogP contribution in [0, 0.1) is 37.0 Å². The fraction of sp³-hybridized carbons (Fsp3) is 0.765. The van der Waals surface area contributed by atoms with Gasteiger partial charge in [0, 0.05) is 5.69 Å². The summed E-state index contributed by atoms with van der Waals surface area (Å²) in [5, 5.41) is 14.2. The van der Waals surface area contributed by atoms with Gasteiger partial charge in [-0.3, -0.25) is 4.68 Å². The Morgan fingerprint density at radius 3 is 2.60 bits per heavy atom. The van der Waals surface area contributed by atoms with Crippen molar-refractivity contribution in [2.75, 3.05) is 0 Å². The first-order valence-corrected chi connectivity index (χ1v) is 8.06. The summed E-state index contributed by atoms with van der Waals surface area (Å²) >= 11 is 0. The molecule has 110 valence electrons. The third kappa shape index (κ3) is 2.75. The number of rotatable bonds is 4. The lowest BCUT2D eigenvalue weighted by molar-refractivity contribution is 0.196. The molecule has 2 rings (SSSR count). The maximum Gasteiger partial charge on any atom is 0.0688 e. The van der Waals surface area contributed by atoms with E-state index in [-0.39, 0.29) is 12.0 Å². The quantitative estimate of drug-likeness (QED) is 0.818. The highest BCUT2D eigenvalue weighted by Gasteiger charge is 2.33. The summed E-state index contributed by atoms with van der Waals surface area (Å²) in [5.74, 6) is 0.898. The molecule has 1 aliphatic rings. The number of hydrogen-bond acceptors (Lipinski definition) is 2. The average Bonchev–Trinajstić information content (AvgIpc) is 2.73. The monoisotopic (exact) mass is 273 g/mol. The first kappa shape index (κ1) is 15.1. The fourth-order valence-corrected chi connectivity index (χ4v) is 3.85. The number of nitrogens with zero attached hydrogens (tertiary/aromatic N) is 3. The van der Waals surface area contributed by atoms with Crippen molar-refractivity contribution >= 4 is 0 Å². The lowest BCUT2D eigenvalue weighted by Gasteiger charge is -2.33. The molecule has 0 saturated heterocycles. The summed E-state index contributed by atoms with van der Waals surface area (Å²) < 4.78 is 2.17. The van der Waals surface area contributed by atoms with Crippen LogP contribution in [0.1, 0.15) is 68.9 Å². The van der Waals surface area contributed by atoms with Crippen LogP contribution in [-0.2, 0) is 6.42 Å². The van der Waals surface area contributed by atoms with Crippen LogP contribution in [0.2, 0.25) is 0 Å². The van der Waals surface area contributed by atoms with Crippen LogP contribution in [0.15, 0.2) is 0 Å². The van der Waals surface area contributed by atoms with Crippen LogP contribution in [-0.4, -0.2) is 9.78 Å². The highest BCUT2D eigenvalue weighted by atomic mass is 15.3. The van der Waals surface area contributed by atoms with Crippen molar-refractivity contribution in [1.82, 2.24) is 9.78 Å². The van der Waals surface area contributed by atoms with E-state index in [1.807, 2.05) is 0 Å². The molecule has 1 saturated carbocycles. The maximum atomic E-state index is 9.47. The predicted octanol–water partition coefficient (Wildman–Crippen LogP) is 4.34. The highest BCUT2D eigenvalue weighted by Crippen LogP contribution is 2.39. The van der Waals surface area contributed by atoms with E-state index >= 15 is 0 Å². The van der Waals surface area contributed by atoms with Gasteiger partial charge in [-0.15, -0.1) is 0 Å². The second kappa shape index (κ2) is 6.43. The third-order valence-corrected chi connectivity index (χ3v) is 4.93. The Bertz CT molecular complexity index is 495. The zero-order valence-electron chi connectivity index (χ0n) is 13.3. The molecule has 1 aliphatic carbocycles. The van der Waals surface area contributed by atoms with Gasteiger partial charge in [0.2, 0.25) is 0 Å². The number of aryl methyl sites for hydroxylation is 1. The van der Waals surface area contributed by atoms with Gasteiger partial charge in [-0.25, -0.2) is 0 Å². The second-order valence-electron chi connectivity index (χ2n) is 6.22. The molecule has 0 amide bonds. The molecule has 0 radical (unpaired) electrons. The highest BCUT2D eigenvalue weighted by molar-refractivity contribution is 5.25. The Balaban J connectivity index is 2.29. The minimum atomic E-state index is 0.130. The molecule has 0 aliphatic heterocycles. The first-order chi connectivity index (χ1) is 9.62. The third-order valence-electron chi connectivity index (χ3n) is 4.93. The number of nitriles is 1. The fourth-order valence-electron chi connectivity index (χ4n) is 3.85. The standard InChI is InChI=1S/C17H27N3/c1-5-7-14-8-9-15(11-18)17(10-14)20-13(4)16(6-2)12(3)19-20/h14-15,17H,5-10H2,1-4H3. The zero-order valence-corrected chi connectivity index (χ0v) is 13.3. The summed E-state index contributed by atoms with van der Waals surface area (Å²) in [7, 11) is 0. The molecule has 1 fully saturated rings. The van der Waals surface area contributed by atoms with Crippen molar-refractivity contribution in [3.05, 3.63) is 17.0 Å². The van der Waals surface area contributed by atoms with Gasteiger partial charge in [0.05, 0.1) is 23.7 Å². The SMILES string of the molecule is CCCC1CCC(C#N)C(n2nc(C)c(CC)c2C)C1. The summed E-state index contributed by atoms with van der Waals surface area (Å²) in [6.07, 6.45) is 6.92. The number of hydrogen-bond donors (Lipinski definition) is 0. The lowest BCUT2D eigenvalue weighted by atomic mass is 9.77. The van der Waals surface area contributed by atoms with E-state index in [4.69, 9.17) is 5.10 Å². The molecule has 1 aromatic heterocycles. The minimum absolute atomic E-state index is 0.130. The molecule has 3 heteroatoms. The molecule has 3 nitrogen and oxygen atoms in total. The molecule has 0 bridgehead atoms. The first-order valence-electron chi connectivity index (χ1n) is 8.06. The summed E-state index contributed by atoms with van der Waals surface area (Å²) in [5.41, 5.74) is 3.77. The van der Waals surface area contributed by atoms with Crippen LogP contribution in [0.4, 0.5) is 0 Å². The summed E-state index contributed by atoms with van der Waals surface area (Å²) in [6.45, 7) is 8.69. The molecule has 0 aromatic carbocycles. The largest absolute Gasteiger partial charge is 0.265 e. The Morgan fingerprint density at radius 1 is 1.30 bits per heavy atom. The normalized spacial score (nSPS) is 26.4. The Labute approximate surface area is 123 Å². The molecule has 1 heterocycles. The van der Waals surface area contributed by atoms with E-state index in [1.54, 1.807) is 0 Å². The molecule has 3 unspecified atom stereocenters. The molecular weight excluding hydrogens is 246 g/mol. The van der Waals surface area contributed by atoms with E-state index in [2.05, 4.69) is 38.4 Å². The van der Waals surface area contributed by atoms with Crippen molar-refractivity contribution in [3.63, 3.8) is 0 Å². The topological polar surface area (TPSA) is 41.6 Å². The van der Waals surface area contributed by atoms with Crippen LogP contribution >= 0.6 is 0 Å². The van der Waals surface area contributed by atoms with Gasteiger partial charge < -0.3 is 0 Å². The smallest absolute Gasteiger partial charge is 0.0688 e. The molecule has 3 atom stereocenters. The second-order valence-corrected chi connectivity index (χ2v) is 6.22. The van der Waals surface area contributed by atoms with Gasteiger partial charge in [0.1, 0.15) is 0 Å². The average molecular weight is 273 g/mol. The van der Waals surface area contributed by atoms with E-state index in [0.717, 1.165) is 30.9 Å². The zero-order chi connectivity index (χ0) is 14.7. The van der Waals surface area contributed by atoms with Gasteiger partial charge in [-0.1, -0.05) is 26.7 Å². The Hall–Kier alpha value is -1.30. The molecule has 0 spiro atoms. The van der Waals surface area contributed by atoms with Crippen LogP contribution in [0.25, 0.3) is 0 Å². The van der Waals surface area contributed by atoms with Gasteiger partial charge in [0.15, 0.2) is 0 Å². The predicted molar refractivity (Wildman–Crippen MR) is 81.5 cm³/mol. The molecule has 20 heavy (non-hydrogen) atoms. The lowest BCUT2D eigenvalue weighted by Crippen LogP contribution is -2.28. The van der Waals surface area contributed by atoms with Gasteiger partial charge in [-0.2, -0.15) is 10.4 Å². The Kier molecular flexibility index (Phi) is 4.86. The summed E-state index contributed by atoms with van der Waals surface area (Å²) in [4.78, 5) is 0. The van der Waals surface area contributed by atoms with Crippen molar-refractivity contribution in [2.45, 2.75) is 72.3 Å². The maximum absolute atomic E-state index is 9.47. The molecule has 1 aromatic rings. The summed E-state index contributed by atoms with van der Waals surface area (Å²) in [6, 6.07) is 2.81. The van der Waals surface area contributed by atoms with Gasteiger partial charge in [0.25, 0.3) is 0 Å². The van der Waals surface area contributed by atoms with E-state index in [1.165, 1.54) is 30.5 Å². The van der Waals surface area contributed by atoms with E-state index < -0.39 is 0 Å². The minimum Gasteiger partial charge on any atom is -0.265 e. The van der Waals surface area contributed by atoms with E-state index in [9.17, 15) is 5.26 Å². The van der Waals surface area contributed by atoms with Crippen LogP contribution < -0.4 is 0 Å². The Morgan fingerprint density at radius 2 is 2.05 bits per heavy atom. The van der Waals surface area contributed by atoms with Crippen LogP contribution in [0.5, 0.6) is 0 Å². The van der Waals surface area contributed by atoms with Crippen molar-refractivity contribution < 1.29 is 0 Å². The molecular formula is C17H27N3. The van der Waals surface area contributed by atoms with Crippen molar-refractivity contribution in [1.29, 1.82) is 5.26 Å². The van der Waals surface area contributed by atoms with Crippen molar-refractivity contribution in [2.24, 2.45) is 11.8 Å². The molecule has 0 N–H and O–H groups in total. The van der Waals surface area contributed by atoms with E-state index in [0.29, 0.717) is 0 Å². The van der Waals surface area contributed by atoms with Gasteiger partial charge in [-0.05, 0) is 51.0 Å². The van der Waals surface area contributed by atoms with Crippen molar-refractivity contribution in [3.8, 4) is 6.07 Å².